The van der Waals surface area contributed by atoms with Crippen LogP contribution in [0.5, 0.6) is 0 Å². The molecule has 0 N–H and O–H groups in total. The third-order valence-electron chi connectivity index (χ3n) is 2.13. The molecule has 1 aromatic rings. The largest absolute Gasteiger partial charge is 0.430 e. The first-order valence-corrected chi connectivity index (χ1v) is 3.63. The van der Waals surface area contributed by atoms with E-state index in [1.165, 1.54) is 6.07 Å². The van der Waals surface area contributed by atoms with Crippen molar-refractivity contribution in [3.05, 3.63) is 29.1 Å². The maximum absolute atomic E-state index is 12.9. The molecule has 0 saturated heterocycles. The Balaban J connectivity index is 2.62. The molecule has 11 heavy (non-hydrogen) atoms. The van der Waals surface area contributed by atoms with Crippen molar-refractivity contribution in [1.29, 1.82) is 0 Å². The van der Waals surface area contributed by atoms with E-state index >= 15 is 0 Å². The highest BCUT2D eigenvalue weighted by molar-refractivity contribution is 6.48. The molecule has 3 heteroatoms. The van der Waals surface area contributed by atoms with Crippen LogP contribution in [0.25, 0.3) is 0 Å². The highest BCUT2D eigenvalue weighted by atomic mass is 19.1. The van der Waals surface area contributed by atoms with Crippen molar-refractivity contribution in [3.63, 3.8) is 0 Å². The minimum Gasteiger partial charge on any atom is -0.430 e. The monoisotopic (exact) mass is 150 g/mol. The van der Waals surface area contributed by atoms with Crippen LogP contribution in [-0.4, -0.2) is 7.48 Å². The summed E-state index contributed by atoms with van der Waals surface area (Å²) in [6.07, 6.45) is 0. The van der Waals surface area contributed by atoms with Crippen molar-refractivity contribution in [2.75, 3.05) is 0 Å². The van der Waals surface area contributed by atoms with E-state index in [-0.39, 0.29) is 5.82 Å². The van der Waals surface area contributed by atoms with E-state index in [0.717, 1.165) is 16.6 Å². The van der Waals surface area contributed by atoms with Gasteiger partial charge in [0.25, 0.3) is 0 Å². The van der Waals surface area contributed by atoms with Gasteiger partial charge in [-0.25, -0.2) is 4.39 Å². The van der Waals surface area contributed by atoms with Crippen LogP contribution in [-0.2, 0) is 11.3 Å². The lowest BCUT2D eigenvalue weighted by Crippen LogP contribution is -2.12. The summed E-state index contributed by atoms with van der Waals surface area (Å²) >= 11 is 0. The molecular formula is C8H8BFO. The molecule has 1 aliphatic rings. The van der Waals surface area contributed by atoms with Gasteiger partial charge in [0.05, 0.1) is 6.61 Å². The Labute approximate surface area is 65.5 Å². The zero-order valence-corrected chi connectivity index (χ0v) is 6.36. The van der Waals surface area contributed by atoms with Crippen molar-refractivity contribution < 1.29 is 9.04 Å². The van der Waals surface area contributed by atoms with Gasteiger partial charge < -0.3 is 4.65 Å². The molecule has 0 atom stereocenters. The van der Waals surface area contributed by atoms with Crippen LogP contribution in [0, 0.1) is 12.7 Å². The molecule has 0 amide bonds. The number of hydrogen-bond donors (Lipinski definition) is 0. The Kier molecular flexibility index (Phi) is 1.46. The summed E-state index contributed by atoms with van der Waals surface area (Å²) in [5, 5.41) is 0. The first kappa shape index (κ1) is 6.86. The average molecular weight is 150 g/mol. The summed E-state index contributed by atoms with van der Waals surface area (Å²) in [4.78, 5) is 0. The molecule has 0 fully saturated rings. The molecular weight excluding hydrogens is 142 g/mol. The topological polar surface area (TPSA) is 9.23 Å². The molecule has 0 radical (unpaired) electrons. The van der Waals surface area contributed by atoms with Crippen molar-refractivity contribution in [1.82, 2.24) is 0 Å². The predicted molar refractivity (Wildman–Crippen MR) is 42.7 cm³/mol. The summed E-state index contributed by atoms with van der Waals surface area (Å²) in [7, 11) is 0.635. The second-order valence-corrected chi connectivity index (χ2v) is 2.80. The Morgan fingerprint density at radius 2 is 2.36 bits per heavy atom. The SMILES string of the molecule is Cc1c(F)ccc2c1COB2. The van der Waals surface area contributed by atoms with Crippen molar-refractivity contribution >= 4 is 12.9 Å². The summed E-state index contributed by atoms with van der Waals surface area (Å²) < 4.78 is 18.1. The Morgan fingerprint density at radius 3 is 3.18 bits per heavy atom. The number of halogens is 1. The fraction of sp³-hybridized carbons (Fsp3) is 0.250. The number of hydrogen-bond acceptors (Lipinski definition) is 1. The fourth-order valence-electron chi connectivity index (χ4n) is 1.38. The van der Waals surface area contributed by atoms with E-state index in [4.69, 9.17) is 4.65 Å². The molecule has 1 aliphatic heterocycles. The Bertz CT molecular complexity index is 298. The Morgan fingerprint density at radius 1 is 1.55 bits per heavy atom. The highest BCUT2D eigenvalue weighted by Crippen LogP contribution is 2.14. The first-order chi connectivity index (χ1) is 5.29. The zero-order valence-electron chi connectivity index (χ0n) is 6.36. The van der Waals surface area contributed by atoms with Crippen LogP contribution in [0.3, 0.4) is 0 Å². The second-order valence-electron chi connectivity index (χ2n) is 2.80. The fourth-order valence-corrected chi connectivity index (χ4v) is 1.38. The maximum Gasteiger partial charge on any atom is 0.309 e. The summed E-state index contributed by atoms with van der Waals surface area (Å²) in [6.45, 7) is 2.36. The third kappa shape index (κ3) is 0.961. The Hall–Kier alpha value is -0.825. The number of benzene rings is 1. The molecule has 56 valence electrons. The van der Waals surface area contributed by atoms with E-state index < -0.39 is 0 Å². The van der Waals surface area contributed by atoms with Crippen molar-refractivity contribution in [2.24, 2.45) is 0 Å². The van der Waals surface area contributed by atoms with Gasteiger partial charge in [-0.3, -0.25) is 0 Å². The van der Waals surface area contributed by atoms with Gasteiger partial charge in [0.1, 0.15) is 5.82 Å². The molecule has 0 spiro atoms. The number of fused-ring (bicyclic) bond motifs is 1. The minimum atomic E-state index is -0.130. The van der Waals surface area contributed by atoms with Crippen LogP contribution < -0.4 is 5.46 Å². The quantitative estimate of drug-likeness (QED) is 0.493. The lowest BCUT2D eigenvalue weighted by Gasteiger charge is -2.02. The van der Waals surface area contributed by atoms with E-state index in [0.29, 0.717) is 14.1 Å². The van der Waals surface area contributed by atoms with E-state index in [9.17, 15) is 4.39 Å². The van der Waals surface area contributed by atoms with E-state index in [1.807, 2.05) is 0 Å². The predicted octanol–water partition coefficient (Wildman–Crippen LogP) is 0.641. The van der Waals surface area contributed by atoms with Gasteiger partial charge >= 0.3 is 7.48 Å². The highest BCUT2D eigenvalue weighted by Gasteiger charge is 2.16. The molecule has 0 aromatic heterocycles. The van der Waals surface area contributed by atoms with Gasteiger partial charge in [-0.1, -0.05) is 6.07 Å². The third-order valence-corrected chi connectivity index (χ3v) is 2.13. The van der Waals surface area contributed by atoms with Gasteiger partial charge in [0.15, 0.2) is 0 Å². The molecule has 0 unspecified atom stereocenters. The molecule has 0 saturated carbocycles. The van der Waals surface area contributed by atoms with Crippen LogP contribution in [0.2, 0.25) is 0 Å². The van der Waals surface area contributed by atoms with Gasteiger partial charge in [-0.15, -0.1) is 0 Å². The smallest absolute Gasteiger partial charge is 0.309 e. The normalized spacial score (nSPS) is 14.4. The van der Waals surface area contributed by atoms with Crippen LogP contribution in [0.1, 0.15) is 11.1 Å². The average Bonchev–Trinajstić information content (AvgIpc) is 2.45. The molecule has 0 bridgehead atoms. The molecule has 1 heterocycles. The summed E-state index contributed by atoms with van der Waals surface area (Å²) in [6, 6.07) is 3.30. The molecule has 2 rings (SSSR count). The summed E-state index contributed by atoms with van der Waals surface area (Å²) in [5.41, 5.74) is 2.90. The first-order valence-electron chi connectivity index (χ1n) is 3.63. The standard InChI is InChI=1S/C8H8BFO/c1-5-6-4-11-9-7(6)2-3-8(5)10/h2-3,9H,4H2,1H3. The van der Waals surface area contributed by atoms with Crippen LogP contribution in [0.15, 0.2) is 12.1 Å². The van der Waals surface area contributed by atoms with Crippen LogP contribution >= 0.6 is 0 Å². The van der Waals surface area contributed by atoms with Gasteiger partial charge in [0, 0.05) is 0 Å². The zero-order chi connectivity index (χ0) is 7.84. The van der Waals surface area contributed by atoms with Crippen LogP contribution in [0.4, 0.5) is 4.39 Å². The maximum atomic E-state index is 12.9. The van der Waals surface area contributed by atoms with Crippen molar-refractivity contribution in [3.8, 4) is 0 Å². The second kappa shape index (κ2) is 2.34. The lowest BCUT2D eigenvalue weighted by atomic mass is 9.86. The molecule has 1 nitrogen and oxygen atoms in total. The lowest BCUT2D eigenvalue weighted by molar-refractivity contribution is 0.343. The molecule has 1 aromatic carbocycles. The number of rotatable bonds is 0. The van der Waals surface area contributed by atoms with Crippen molar-refractivity contribution in [2.45, 2.75) is 13.5 Å². The molecule has 0 aliphatic carbocycles. The van der Waals surface area contributed by atoms with Gasteiger partial charge in [-0.2, -0.15) is 0 Å². The van der Waals surface area contributed by atoms with E-state index in [2.05, 4.69) is 0 Å². The van der Waals surface area contributed by atoms with E-state index in [1.54, 1.807) is 13.0 Å². The van der Waals surface area contributed by atoms with Gasteiger partial charge in [0.2, 0.25) is 0 Å². The van der Waals surface area contributed by atoms with Gasteiger partial charge in [-0.05, 0) is 29.6 Å². The minimum absolute atomic E-state index is 0.130. The summed E-state index contributed by atoms with van der Waals surface area (Å²) in [5.74, 6) is -0.130.